The molecule has 3 saturated heterocycles. The number of carbonyl (C=O) groups is 3. The number of likely N-dealkylation sites (tertiary alicyclic amines) is 1. The Bertz CT molecular complexity index is 1210. The average Bonchev–Trinajstić information content (AvgIpc) is 3.60. The van der Waals surface area contributed by atoms with Gasteiger partial charge in [-0.2, -0.15) is 0 Å². The van der Waals surface area contributed by atoms with Crippen molar-refractivity contribution in [2.75, 3.05) is 31.1 Å². The molecule has 242 valence electrons. The molecule has 0 saturated carbocycles. The summed E-state index contributed by atoms with van der Waals surface area (Å²) >= 11 is 1.72. The van der Waals surface area contributed by atoms with E-state index in [1.165, 1.54) is 0 Å². The van der Waals surface area contributed by atoms with E-state index in [1.54, 1.807) is 28.8 Å². The van der Waals surface area contributed by atoms with E-state index in [2.05, 4.69) is 47.8 Å². The van der Waals surface area contributed by atoms with Gasteiger partial charge in [-0.05, 0) is 63.5 Å². The van der Waals surface area contributed by atoms with E-state index < -0.39 is 28.2 Å². The van der Waals surface area contributed by atoms with E-state index in [0.717, 1.165) is 50.6 Å². The molecule has 1 spiro atoms. The summed E-state index contributed by atoms with van der Waals surface area (Å²) in [5.41, 5.74) is 0.323. The Kier molecular flexibility index (Phi) is 10.8. The molecule has 2 unspecified atom stereocenters. The number of rotatable bonds is 15. The number of fused-ring (bicyclic) bond motifs is 1. The summed E-state index contributed by atoms with van der Waals surface area (Å²) in [6.45, 7) is 20.1. The second-order valence-corrected chi connectivity index (χ2v) is 16.2. The minimum atomic E-state index is -0.641. The van der Waals surface area contributed by atoms with Crippen LogP contribution in [0.4, 0.5) is 5.69 Å². The number of unbranched alkanes of at least 4 members (excludes halogenated alkanes) is 3. The van der Waals surface area contributed by atoms with Gasteiger partial charge in [-0.25, -0.2) is 0 Å². The first kappa shape index (κ1) is 34.3. The highest BCUT2D eigenvalue weighted by Gasteiger charge is 2.74. The van der Waals surface area contributed by atoms with Crippen LogP contribution in [0.5, 0.6) is 0 Å². The highest BCUT2D eigenvalue weighted by molar-refractivity contribution is 8.02. The van der Waals surface area contributed by atoms with E-state index in [0.29, 0.717) is 19.6 Å². The van der Waals surface area contributed by atoms with Crippen LogP contribution in [0.2, 0.25) is 0 Å². The molecule has 7 nitrogen and oxygen atoms in total. The van der Waals surface area contributed by atoms with Gasteiger partial charge in [0.05, 0.1) is 16.6 Å². The van der Waals surface area contributed by atoms with Gasteiger partial charge in [0.1, 0.15) is 6.04 Å². The summed E-state index contributed by atoms with van der Waals surface area (Å²) in [5.74, 6) is -1.18. The van der Waals surface area contributed by atoms with Gasteiger partial charge in [-0.3, -0.25) is 14.4 Å². The van der Waals surface area contributed by atoms with Crippen molar-refractivity contribution in [1.82, 2.24) is 9.80 Å². The third-order valence-electron chi connectivity index (χ3n) is 9.54. The Morgan fingerprint density at radius 3 is 2.30 bits per heavy atom. The maximum Gasteiger partial charge on any atom is 0.247 e. The number of aliphatic hydroxyl groups excluding tert-OH is 1. The molecule has 3 fully saturated rings. The van der Waals surface area contributed by atoms with Crippen LogP contribution in [-0.2, 0) is 14.4 Å². The first-order valence-electron chi connectivity index (χ1n) is 16.3. The number of nitrogens with zero attached hydrogens (tertiary/aromatic N) is 3. The van der Waals surface area contributed by atoms with Crippen molar-refractivity contribution < 1.29 is 19.5 Å². The zero-order valence-electron chi connectivity index (χ0n) is 27.5. The third-order valence-corrected chi connectivity index (χ3v) is 11.5. The molecule has 0 aromatic heterocycles. The van der Waals surface area contributed by atoms with Crippen molar-refractivity contribution in [3.05, 3.63) is 55.6 Å². The lowest BCUT2D eigenvalue weighted by Gasteiger charge is -2.46. The zero-order chi connectivity index (χ0) is 32.3. The molecule has 44 heavy (non-hydrogen) atoms. The SMILES string of the molecule is C=CCN(C(=O)[C@@H]1[C@@H]2CCC3(S2)C(C(=O)N(CC=C)C(C)(C)CC(C)(C)C)N(CCCCCCO)C(=O)[C@H]13)c1ccccc1. The van der Waals surface area contributed by atoms with Crippen LogP contribution in [0.1, 0.15) is 79.6 Å². The normalized spacial score (nSPS) is 26.0. The molecule has 3 heterocycles. The maximum atomic E-state index is 14.9. The van der Waals surface area contributed by atoms with Crippen LogP contribution >= 0.6 is 11.8 Å². The average molecular weight is 624 g/mol. The maximum absolute atomic E-state index is 14.9. The molecule has 8 heteroatoms. The van der Waals surface area contributed by atoms with Crippen molar-refractivity contribution in [1.29, 1.82) is 0 Å². The number of hydrogen-bond acceptors (Lipinski definition) is 5. The lowest BCUT2D eigenvalue weighted by Crippen LogP contribution is -2.60. The predicted molar refractivity (Wildman–Crippen MR) is 180 cm³/mol. The molecular weight excluding hydrogens is 570 g/mol. The van der Waals surface area contributed by atoms with Crippen LogP contribution in [0, 0.1) is 17.3 Å². The van der Waals surface area contributed by atoms with Crippen LogP contribution in [-0.4, -0.2) is 80.4 Å². The largest absolute Gasteiger partial charge is 0.396 e. The number of benzene rings is 1. The lowest BCUT2D eigenvalue weighted by molar-refractivity contribution is -0.146. The number of thioether (sulfide) groups is 1. The van der Waals surface area contributed by atoms with Crippen LogP contribution < -0.4 is 4.90 Å². The molecule has 1 aromatic carbocycles. The number of carbonyl (C=O) groups excluding carboxylic acids is 3. The Labute approximate surface area is 269 Å². The van der Waals surface area contributed by atoms with E-state index in [1.807, 2.05) is 40.1 Å². The molecule has 0 aliphatic carbocycles. The summed E-state index contributed by atoms with van der Waals surface area (Å²) in [4.78, 5) is 49.5. The van der Waals surface area contributed by atoms with E-state index >= 15 is 0 Å². The van der Waals surface area contributed by atoms with Crippen molar-refractivity contribution in [2.24, 2.45) is 17.3 Å². The van der Waals surface area contributed by atoms with Gasteiger partial charge in [0.2, 0.25) is 17.7 Å². The van der Waals surface area contributed by atoms with E-state index in [9.17, 15) is 19.5 Å². The van der Waals surface area contributed by atoms with Crippen molar-refractivity contribution >= 4 is 35.2 Å². The second kappa shape index (κ2) is 13.8. The van der Waals surface area contributed by atoms with Crippen LogP contribution in [0.15, 0.2) is 55.6 Å². The Morgan fingerprint density at radius 1 is 1.02 bits per heavy atom. The van der Waals surface area contributed by atoms with E-state index in [4.69, 9.17) is 0 Å². The first-order chi connectivity index (χ1) is 20.8. The fourth-order valence-corrected chi connectivity index (χ4v) is 10.5. The molecule has 0 radical (unpaired) electrons. The number of amides is 3. The fourth-order valence-electron chi connectivity index (χ4n) is 8.25. The molecule has 4 rings (SSSR count). The first-order valence-corrected chi connectivity index (χ1v) is 17.2. The molecular formula is C36H53N3O4S. The van der Waals surface area contributed by atoms with Gasteiger partial charge in [0.15, 0.2) is 0 Å². The fraction of sp³-hybridized carbons (Fsp3) is 0.639. The zero-order valence-corrected chi connectivity index (χ0v) is 28.3. The number of para-hydroxylation sites is 1. The summed E-state index contributed by atoms with van der Waals surface area (Å²) in [6.07, 6.45) is 9.08. The van der Waals surface area contributed by atoms with Crippen molar-refractivity contribution in [3.8, 4) is 0 Å². The lowest BCUT2D eigenvalue weighted by atomic mass is 9.70. The monoisotopic (exact) mass is 623 g/mol. The Hall–Kier alpha value is -2.58. The minimum absolute atomic E-state index is 0.00790. The summed E-state index contributed by atoms with van der Waals surface area (Å²) in [6, 6.07) is 8.96. The Balaban J connectivity index is 1.74. The van der Waals surface area contributed by atoms with Gasteiger partial charge in [0, 0.05) is 42.7 Å². The van der Waals surface area contributed by atoms with Gasteiger partial charge in [-0.1, -0.05) is 64.0 Å². The molecule has 1 N–H and O–H groups in total. The molecule has 2 bridgehead atoms. The number of hydrogen-bond donors (Lipinski definition) is 1. The Morgan fingerprint density at radius 2 is 1.68 bits per heavy atom. The summed E-state index contributed by atoms with van der Waals surface area (Å²) in [7, 11) is 0. The molecule has 1 aromatic rings. The van der Waals surface area contributed by atoms with Crippen LogP contribution in [0.25, 0.3) is 0 Å². The third kappa shape index (κ3) is 6.67. The van der Waals surface area contributed by atoms with Gasteiger partial charge < -0.3 is 19.8 Å². The predicted octanol–water partition coefficient (Wildman–Crippen LogP) is 6.08. The highest BCUT2D eigenvalue weighted by Crippen LogP contribution is 2.67. The smallest absolute Gasteiger partial charge is 0.247 e. The van der Waals surface area contributed by atoms with Crippen molar-refractivity contribution in [2.45, 2.75) is 101 Å². The summed E-state index contributed by atoms with van der Waals surface area (Å²) in [5, 5.41) is 9.25. The second-order valence-electron chi connectivity index (χ2n) is 14.6. The minimum Gasteiger partial charge on any atom is -0.396 e. The number of anilines is 1. The van der Waals surface area contributed by atoms with E-state index in [-0.39, 0.29) is 35.0 Å². The molecule has 3 aliphatic rings. The quantitative estimate of drug-likeness (QED) is 0.189. The van der Waals surface area contributed by atoms with Gasteiger partial charge >= 0.3 is 0 Å². The van der Waals surface area contributed by atoms with Crippen LogP contribution in [0.3, 0.4) is 0 Å². The van der Waals surface area contributed by atoms with Gasteiger partial charge in [0.25, 0.3) is 0 Å². The van der Waals surface area contributed by atoms with Crippen molar-refractivity contribution in [3.63, 3.8) is 0 Å². The topological polar surface area (TPSA) is 81.2 Å². The molecule has 5 atom stereocenters. The highest BCUT2D eigenvalue weighted by atomic mass is 32.2. The summed E-state index contributed by atoms with van der Waals surface area (Å²) < 4.78 is -0.641. The standard InChI is InChI=1S/C36H53N3O4S/c1-8-21-37(26-17-13-12-14-18-26)31(41)28-27-19-20-36(44-27)29(28)32(42)38(23-15-10-11-16-24-40)30(36)33(43)39(22-9-2)35(6,7)25-34(3,4)5/h8-9,12-14,17-18,27-30,40H,1-2,10-11,15-16,19-25H2,3-7H3/t27-,28+,29-,30?,36?/m0/s1. The molecule has 3 aliphatic heterocycles. The molecule has 3 amide bonds. The number of aliphatic hydroxyl groups is 1. The van der Waals surface area contributed by atoms with Gasteiger partial charge in [-0.15, -0.1) is 24.9 Å².